The first-order valence-electron chi connectivity index (χ1n) is 9.55. The Labute approximate surface area is 171 Å². The van der Waals surface area contributed by atoms with Crippen molar-refractivity contribution < 1.29 is 27.5 Å². The van der Waals surface area contributed by atoms with Crippen LogP contribution in [0, 0.1) is 11.6 Å². The van der Waals surface area contributed by atoms with Crippen LogP contribution < -0.4 is 15.6 Å². The summed E-state index contributed by atoms with van der Waals surface area (Å²) < 4.78 is 44.4. The molecule has 0 bridgehead atoms. The number of nitrogens with one attached hydrogen (secondary N) is 1. The Bertz CT molecular complexity index is 1150. The quantitative estimate of drug-likeness (QED) is 0.688. The topological polar surface area (TPSA) is 73.1 Å². The van der Waals surface area contributed by atoms with E-state index in [-0.39, 0.29) is 22.9 Å². The lowest BCUT2D eigenvalue weighted by atomic mass is 10.1. The average Bonchev–Trinajstić information content (AvgIpc) is 3.27. The number of para-hydroxylation sites is 1. The zero-order valence-corrected chi connectivity index (χ0v) is 16.3. The van der Waals surface area contributed by atoms with Crippen LogP contribution in [0.4, 0.5) is 14.5 Å². The molecule has 0 aliphatic carbocycles. The first-order valence-corrected chi connectivity index (χ1v) is 9.55. The summed E-state index contributed by atoms with van der Waals surface area (Å²) in [5.74, 6) is -1.42. The molecule has 2 aromatic carbocycles. The van der Waals surface area contributed by atoms with E-state index in [4.69, 9.17) is 13.9 Å². The minimum absolute atomic E-state index is 0.0486. The fourth-order valence-corrected chi connectivity index (χ4v) is 3.32. The van der Waals surface area contributed by atoms with Gasteiger partial charge in [-0.05, 0) is 37.1 Å². The summed E-state index contributed by atoms with van der Waals surface area (Å²) in [5, 5.41) is 3.41. The highest BCUT2D eigenvalue weighted by Crippen LogP contribution is 2.25. The second kappa shape index (κ2) is 8.62. The van der Waals surface area contributed by atoms with Gasteiger partial charge in [-0.3, -0.25) is 4.79 Å². The number of carbonyl (C=O) groups excluding carboxylic acids is 1. The minimum Gasteiger partial charge on any atom is -0.493 e. The van der Waals surface area contributed by atoms with Crippen LogP contribution in [0.5, 0.6) is 5.75 Å². The molecule has 2 heterocycles. The molecule has 1 aliphatic heterocycles. The summed E-state index contributed by atoms with van der Waals surface area (Å²) in [7, 11) is 1.48. The Hall–Kier alpha value is -3.26. The van der Waals surface area contributed by atoms with E-state index in [0.717, 1.165) is 31.0 Å². The largest absolute Gasteiger partial charge is 0.493 e. The van der Waals surface area contributed by atoms with Crippen molar-refractivity contribution in [2.24, 2.45) is 4.99 Å². The van der Waals surface area contributed by atoms with Crippen LogP contribution in [0.25, 0.3) is 11.0 Å². The third kappa shape index (κ3) is 4.18. The molecule has 1 N–H and O–H groups in total. The van der Waals surface area contributed by atoms with E-state index in [1.807, 2.05) is 0 Å². The van der Waals surface area contributed by atoms with Crippen LogP contribution in [-0.4, -0.2) is 32.3 Å². The predicted octanol–water partition coefficient (Wildman–Crippen LogP) is 3.86. The van der Waals surface area contributed by atoms with Gasteiger partial charge in [0, 0.05) is 24.6 Å². The second-order valence-electron chi connectivity index (χ2n) is 6.90. The van der Waals surface area contributed by atoms with Crippen LogP contribution in [0.15, 0.2) is 51.9 Å². The minimum atomic E-state index is -0.738. The maximum absolute atomic E-state index is 14.2. The molecule has 0 unspecified atom stereocenters. The predicted molar refractivity (Wildman–Crippen MR) is 106 cm³/mol. The molecule has 1 saturated heterocycles. The Morgan fingerprint density at radius 1 is 1.27 bits per heavy atom. The number of fused-ring (bicyclic) bond motifs is 1. The number of halogens is 2. The van der Waals surface area contributed by atoms with Crippen molar-refractivity contribution in [3.05, 3.63) is 65.2 Å². The molecule has 0 spiro atoms. The maximum Gasteiger partial charge on any atom is 0.256 e. The monoisotopic (exact) mass is 414 g/mol. The summed E-state index contributed by atoms with van der Waals surface area (Å²) in [4.78, 5) is 17.0. The molecule has 6 nitrogen and oxygen atoms in total. The number of hydrogen-bond acceptors (Lipinski definition) is 5. The smallest absolute Gasteiger partial charge is 0.256 e. The zero-order chi connectivity index (χ0) is 21.1. The Balaban J connectivity index is 1.82. The van der Waals surface area contributed by atoms with Crippen molar-refractivity contribution in [1.82, 2.24) is 5.32 Å². The molecular formula is C22H20F2N2O4. The van der Waals surface area contributed by atoms with Gasteiger partial charge in [0.1, 0.15) is 22.9 Å². The third-order valence-electron chi connectivity index (χ3n) is 4.85. The summed E-state index contributed by atoms with van der Waals surface area (Å²) in [6, 6.07) is 9.68. The molecule has 1 amide bonds. The fraction of sp³-hybridized carbons (Fsp3) is 0.273. The van der Waals surface area contributed by atoms with Gasteiger partial charge in [-0.15, -0.1) is 0 Å². The Morgan fingerprint density at radius 2 is 2.13 bits per heavy atom. The fourth-order valence-electron chi connectivity index (χ4n) is 3.32. The van der Waals surface area contributed by atoms with Crippen LogP contribution >= 0.6 is 0 Å². The molecule has 3 aromatic rings. The van der Waals surface area contributed by atoms with Gasteiger partial charge < -0.3 is 19.2 Å². The van der Waals surface area contributed by atoms with E-state index in [1.54, 1.807) is 24.3 Å². The standard InChI is InChI=1S/C22H20F2N2O4/c1-28-19-6-2-4-13-10-16(21(27)25-12-15-5-3-9-29-15)22(30-20(13)19)26-18-11-14(23)7-8-17(18)24/h2,4,6-8,10-11,15H,3,5,9,12H2,1H3,(H,25,27)/t15-/m1/s1. The molecule has 1 fully saturated rings. The van der Waals surface area contributed by atoms with E-state index in [9.17, 15) is 13.6 Å². The number of nitrogens with zero attached hydrogens (tertiary/aromatic N) is 1. The molecule has 1 aromatic heterocycles. The maximum atomic E-state index is 14.2. The molecule has 1 aliphatic rings. The van der Waals surface area contributed by atoms with Gasteiger partial charge >= 0.3 is 0 Å². The summed E-state index contributed by atoms with van der Waals surface area (Å²) in [6.45, 7) is 1.01. The Kier molecular flexibility index (Phi) is 5.76. The number of amides is 1. The lowest BCUT2D eigenvalue weighted by Crippen LogP contribution is -2.34. The van der Waals surface area contributed by atoms with Crippen LogP contribution in [-0.2, 0) is 4.74 Å². The zero-order valence-electron chi connectivity index (χ0n) is 16.3. The van der Waals surface area contributed by atoms with Crippen LogP contribution in [0.2, 0.25) is 0 Å². The van der Waals surface area contributed by atoms with E-state index >= 15 is 0 Å². The van der Waals surface area contributed by atoms with Gasteiger partial charge in [0.05, 0.1) is 13.2 Å². The van der Waals surface area contributed by atoms with Crippen molar-refractivity contribution in [2.75, 3.05) is 20.3 Å². The molecular weight excluding hydrogens is 394 g/mol. The van der Waals surface area contributed by atoms with Gasteiger partial charge in [0.25, 0.3) is 5.91 Å². The molecule has 156 valence electrons. The van der Waals surface area contributed by atoms with E-state index in [0.29, 0.717) is 29.9 Å². The summed E-state index contributed by atoms with van der Waals surface area (Å²) >= 11 is 0. The highest BCUT2D eigenvalue weighted by atomic mass is 19.1. The van der Waals surface area contributed by atoms with Crippen LogP contribution in [0.1, 0.15) is 23.2 Å². The Morgan fingerprint density at radius 3 is 2.90 bits per heavy atom. The lowest BCUT2D eigenvalue weighted by Gasteiger charge is -2.12. The van der Waals surface area contributed by atoms with E-state index in [2.05, 4.69) is 10.3 Å². The molecule has 0 radical (unpaired) electrons. The SMILES string of the molecule is COc1cccc2cc(C(=O)NC[C@H]3CCCO3)c(=Nc3cc(F)ccc3F)oc12. The molecule has 4 rings (SSSR count). The van der Waals surface area contributed by atoms with Gasteiger partial charge in [-0.1, -0.05) is 12.1 Å². The van der Waals surface area contributed by atoms with Crippen molar-refractivity contribution in [3.63, 3.8) is 0 Å². The molecule has 0 saturated carbocycles. The number of rotatable bonds is 5. The van der Waals surface area contributed by atoms with E-state index in [1.165, 1.54) is 7.11 Å². The van der Waals surface area contributed by atoms with Crippen molar-refractivity contribution in [3.8, 4) is 5.75 Å². The van der Waals surface area contributed by atoms with E-state index < -0.39 is 17.5 Å². The highest BCUT2D eigenvalue weighted by molar-refractivity contribution is 5.97. The third-order valence-corrected chi connectivity index (χ3v) is 4.85. The summed E-state index contributed by atoms with van der Waals surface area (Å²) in [5.41, 5.74) is 0.00571. The van der Waals surface area contributed by atoms with Gasteiger partial charge in [-0.2, -0.15) is 0 Å². The number of carbonyl (C=O) groups is 1. The molecule has 1 atom stereocenters. The number of ether oxygens (including phenoxy) is 2. The average molecular weight is 414 g/mol. The number of benzene rings is 2. The molecule has 8 heteroatoms. The van der Waals surface area contributed by atoms with Gasteiger partial charge in [0.15, 0.2) is 11.3 Å². The second-order valence-corrected chi connectivity index (χ2v) is 6.90. The van der Waals surface area contributed by atoms with Crippen LogP contribution in [0.3, 0.4) is 0 Å². The van der Waals surface area contributed by atoms with Gasteiger partial charge in [0.2, 0.25) is 5.55 Å². The number of hydrogen-bond donors (Lipinski definition) is 1. The van der Waals surface area contributed by atoms with Crippen molar-refractivity contribution >= 4 is 22.6 Å². The summed E-state index contributed by atoms with van der Waals surface area (Å²) in [6.07, 6.45) is 1.77. The highest BCUT2D eigenvalue weighted by Gasteiger charge is 2.19. The van der Waals surface area contributed by atoms with Gasteiger partial charge in [-0.25, -0.2) is 13.8 Å². The first kappa shape index (κ1) is 20.0. The normalized spacial score (nSPS) is 16.8. The first-order chi connectivity index (χ1) is 14.5. The van der Waals surface area contributed by atoms with Crippen molar-refractivity contribution in [1.29, 1.82) is 0 Å². The lowest BCUT2D eigenvalue weighted by molar-refractivity contribution is 0.0854. The molecule has 30 heavy (non-hydrogen) atoms. The van der Waals surface area contributed by atoms with Crippen molar-refractivity contribution in [2.45, 2.75) is 18.9 Å². The number of methoxy groups -OCH3 is 1.